The Morgan fingerprint density at radius 1 is 1.38 bits per heavy atom. The Balaban J connectivity index is 2.14. The molecule has 13 heavy (non-hydrogen) atoms. The molecule has 0 aromatic rings. The number of hydrogen-bond acceptors (Lipinski definition) is 2. The molecule has 0 saturated carbocycles. The summed E-state index contributed by atoms with van der Waals surface area (Å²) >= 11 is 0. The molecule has 0 aromatic heterocycles. The molecule has 0 unspecified atom stereocenters. The first kappa shape index (κ1) is 9.77. The van der Waals surface area contributed by atoms with Gasteiger partial charge in [0.1, 0.15) is 0 Å². The van der Waals surface area contributed by atoms with E-state index in [1.54, 1.807) is 0 Å². The van der Waals surface area contributed by atoms with Crippen LogP contribution in [0.4, 0.5) is 0 Å². The van der Waals surface area contributed by atoms with Crippen molar-refractivity contribution in [2.24, 2.45) is 5.92 Å². The highest BCUT2D eigenvalue weighted by molar-refractivity contribution is 5.80. The van der Waals surface area contributed by atoms with E-state index in [1.165, 1.54) is 0 Å². The Morgan fingerprint density at radius 2 is 2.00 bits per heavy atom. The molecular weight excluding hydrogens is 170 g/mol. The lowest BCUT2D eigenvalue weighted by atomic mass is 10.1. The van der Waals surface area contributed by atoms with Crippen LogP contribution in [0.15, 0.2) is 12.2 Å². The summed E-state index contributed by atoms with van der Waals surface area (Å²) in [4.78, 5) is 21.4. The van der Waals surface area contributed by atoms with E-state index in [1.807, 2.05) is 12.2 Å². The van der Waals surface area contributed by atoms with Crippen molar-refractivity contribution in [1.29, 1.82) is 0 Å². The highest BCUT2D eigenvalue weighted by atomic mass is 16.4. The molecule has 0 bridgehead atoms. The molecule has 0 atom stereocenters. The van der Waals surface area contributed by atoms with Crippen LogP contribution >= 0.6 is 0 Å². The average molecular weight is 183 g/mol. The van der Waals surface area contributed by atoms with Gasteiger partial charge < -0.3 is 10.4 Å². The number of aliphatic carboxylic acids is 1. The molecule has 0 spiro atoms. The number of hydrogen-bond donors (Lipinski definition) is 2. The summed E-state index contributed by atoms with van der Waals surface area (Å²) in [6, 6.07) is 0. The number of amides is 1. The highest BCUT2D eigenvalue weighted by Crippen LogP contribution is 2.17. The van der Waals surface area contributed by atoms with E-state index in [4.69, 9.17) is 5.11 Å². The Kier molecular flexibility index (Phi) is 3.49. The van der Waals surface area contributed by atoms with Gasteiger partial charge in [0.2, 0.25) is 5.91 Å². The predicted molar refractivity (Wildman–Crippen MR) is 47.1 cm³/mol. The summed E-state index contributed by atoms with van der Waals surface area (Å²) in [5.41, 5.74) is 0. The van der Waals surface area contributed by atoms with E-state index in [0.29, 0.717) is 0 Å². The zero-order valence-electron chi connectivity index (χ0n) is 7.32. The second kappa shape index (κ2) is 4.64. The molecule has 0 heterocycles. The van der Waals surface area contributed by atoms with Crippen LogP contribution in [0, 0.1) is 5.92 Å². The second-order valence-electron chi connectivity index (χ2n) is 3.07. The van der Waals surface area contributed by atoms with Crippen molar-refractivity contribution < 1.29 is 14.7 Å². The maximum Gasteiger partial charge on any atom is 0.305 e. The van der Waals surface area contributed by atoms with Crippen molar-refractivity contribution in [3.8, 4) is 0 Å². The van der Waals surface area contributed by atoms with Crippen molar-refractivity contribution >= 4 is 11.9 Å². The summed E-state index contributed by atoms with van der Waals surface area (Å²) in [6.45, 7) is 0.227. The number of nitrogens with one attached hydrogen (secondary N) is 1. The monoisotopic (exact) mass is 183 g/mol. The van der Waals surface area contributed by atoms with E-state index < -0.39 is 5.97 Å². The minimum absolute atomic E-state index is 0.00805. The van der Waals surface area contributed by atoms with Gasteiger partial charge in [0, 0.05) is 12.5 Å². The lowest BCUT2D eigenvalue weighted by Gasteiger charge is -2.08. The molecule has 0 aromatic carbocycles. The molecule has 1 amide bonds. The standard InChI is InChI=1S/C9H13NO3/c11-8(12)5-6-10-9(13)7-3-1-2-4-7/h1-2,7H,3-6H2,(H,10,13)(H,11,12). The van der Waals surface area contributed by atoms with Gasteiger partial charge in [0.15, 0.2) is 0 Å². The first-order valence-electron chi connectivity index (χ1n) is 4.34. The summed E-state index contributed by atoms with van der Waals surface area (Å²) in [6.07, 6.45) is 5.49. The summed E-state index contributed by atoms with van der Waals surface area (Å²) in [5.74, 6) is -0.898. The normalized spacial score (nSPS) is 16.0. The number of carboxylic acids is 1. The number of carboxylic acid groups (broad SMARTS) is 1. The van der Waals surface area contributed by atoms with Gasteiger partial charge >= 0.3 is 5.97 Å². The summed E-state index contributed by atoms with van der Waals surface area (Å²) < 4.78 is 0. The third-order valence-electron chi connectivity index (χ3n) is 2.02. The smallest absolute Gasteiger partial charge is 0.305 e. The maximum absolute atomic E-state index is 11.3. The lowest BCUT2D eigenvalue weighted by Crippen LogP contribution is -2.31. The van der Waals surface area contributed by atoms with Crippen molar-refractivity contribution in [3.63, 3.8) is 0 Å². The SMILES string of the molecule is O=C(O)CCNC(=O)C1CC=CC1. The second-order valence-corrected chi connectivity index (χ2v) is 3.07. The molecule has 4 nitrogen and oxygen atoms in total. The zero-order chi connectivity index (χ0) is 9.68. The largest absolute Gasteiger partial charge is 0.481 e. The van der Waals surface area contributed by atoms with Gasteiger partial charge in [-0.25, -0.2) is 0 Å². The number of rotatable bonds is 4. The van der Waals surface area contributed by atoms with Gasteiger partial charge in [-0.15, -0.1) is 0 Å². The third-order valence-corrected chi connectivity index (χ3v) is 2.02. The highest BCUT2D eigenvalue weighted by Gasteiger charge is 2.18. The first-order chi connectivity index (χ1) is 6.20. The molecule has 0 aliphatic heterocycles. The molecule has 0 fully saturated rings. The van der Waals surface area contributed by atoms with E-state index in [2.05, 4.69) is 5.32 Å². The van der Waals surface area contributed by atoms with Crippen LogP contribution in [0.5, 0.6) is 0 Å². The van der Waals surface area contributed by atoms with Gasteiger partial charge in [0.05, 0.1) is 6.42 Å². The summed E-state index contributed by atoms with van der Waals surface area (Å²) in [7, 11) is 0. The Labute approximate surface area is 76.6 Å². The molecule has 72 valence electrons. The number of allylic oxidation sites excluding steroid dienone is 2. The van der Waals surface area contributed by atoms with Crippen LogP contribution in [0.3, 0.4) is 0 Å². The third kappa shape index (κ3) is 3.27. The van der Waals surface area contributed by atoms with Gasteiger partial charge in [-0.3, -0.25) is 9.59 Å². The Bertz CT molecular complexity index is 227. The van der Waals surface area contributed by atoms with E-state index in [0.717, 1.165) is 12.8 Å². The minimum Gasteiger partial charge on any atom is -0.481 e. The minimum atomic E-state index is -0.884. The van der Waals surface area contributed by atoms with Crippen LogP contribution < -0.4 is 5.32 Å². The van der Waals surface area contributed by atoms with Crippen molar-refractivity contribution in [2.45, 2.75) is 19.3 Å². The van der Waals surface area contributed by atoms with Crippen LogP contribution in [0.1, 0.15) is 19.3 Å². The topological polar surface area (TPSA) is 66.4 Å². The van der Waals surface area contributed by atoms with Crippen LogP contribution in [-0.4, -0.2) is 23.5 Å². The van der Waals surface area contributed by atoms with Crippen LogP contribution in [0.2, 0.25) is 0 Å². The van der Waals surface area contributed by atoms with Crippen molar-refractivity contribution in [1.82, 2.24) is 5.32 Å². The van der Waals surface area contributed by atoms with E-state index in [9.17, 15) is 9.59 Å². The Hall–Kier alpha value is -1.32. The zero-order valence-corrected chi connectivity index (χ0v) is 7.32. The summed E-state index contributed by atoms with van der Waals surface area (Å²) in [5, 5.41) is 10.9. The molecule has 0 saturated heterocycles. The molecule has 0 radical (unpaired) electrons. The van der Waals surface area contributed by atoms with Crippen molar-refractivity contribution in [2.75, 3.05) is 6.54 Å². The van der Waals surface area contributed by atoms with Gasteiger partial charge in [-0.05, 0) is 12.8 Å². The molecule has 2 N–H and O–H groups in total. The molecule has 1 aliphatic rings. The van der Waals surface area contributed by atoms with Crippen LogP contribution in [-0.2, 0) is 9.59 Å². The first-order valence-corrected chi connectivity index (χ1v) is 4.34. The Morgan fingerprint density at radius 3 is 2.54 bits per heavy atom. The molecule has 4 heteroatoms. The van der Waals surface area contributed by atoms with Gasteiger partial charge in [-0.1, -0.05) is 12.2 Å². The van der Waals surface area contributed by atoms with E-state index in [-0.39, 0.29) is 24.8 Å². The quantitative estimate of drug-likeness (QED) is 0.625. The van der Waals surface area contributed by atoms with E-state index >= 15 is 0 Å². The molecule has 1 aliphatic carbocycles. The van der Waals surface area contributed by atoms with Gasteiger partial charge in [0.25, 0.3) is 0 Å². The van der Waals surface area contributed by atoms with Crippen LogP contribution in [0.25, 0.3) is 0 Å². The fraction of sp³-hybridized carbons (Fsp3) is 0.556. The average Bonchev–Trinajstić information content (AvgIpc) is 2.55. The maximum atomic E-state index is 11.3. The number of carbonyl (C=O) groups is 2. The predicted octanol–water partition coefficient (Wildman–Crippen LogP) is 0.544. The molecule has 1 rings (SSSR count). The van der Waals surface area contributed by atoms with Crippen molar-refractivity contribution in [3.05, 3.63) is 12.2 Å². The number of carbonyl (C=O) groups excluding carboxylic acids is 1. The fourth-order valence-electron chi connectivity index (χ4n) is 1.27. The molecular formula is C9H13NO3. The van der Waals surface area contributed by atoms with Gasteiger partial charge in [-0.2, -0.15) is 0 Å². The lowest BCUT2D eigenvalue weighted by molar-refractivity contribution is -0.137. The fourth-order valence-corrected chi connectivity index (χ4v) is 1.27.